The molecule has 0 bridgehead atoms. The number of carbonyl (C=O) groups is 1. The molecule has 0 aliphatic carbocycles. The van der Waals surface area contributed by atoms with Crippen LogP contribution in [0.5, 0.6) is 5.75 Å². The predicted molar refractivity (Wildman–Crippen MR) is 112 cm³/mol. The maximum atomic E-state index is 12.9. The molecule has 2 aromatic rings. The molecule has 1 amide bonds. The topological polar surface area (TPSA) is 66.9 Å². The first-order chi connectivity index (χ1) is 15.1. The lowest BCUT2D eigenvalue weighted by Crippen LogP contribution is -2.35. The molecular formula is C22H23F3N2O4S. The maximum Gasteiger partial charge on any atom is 0.422 e. The van der Waals surface area contributed by atoms with Crippen molar-refractivity contribution in [2.24, 2.45) is 0 Å². The van der Waals surface area contributed by atoms with Crippen molar-refractivity contribution in [2.45, 2.75) is 36.8 Å². The minimum atomic E-state index is -4.44. The molecule has 2 aromatic carbocycles. The van der Waals surface area contributed by atoms with Crippen LogP contribution in [-0.2, 0) is 16.4 Å². The number of hydrogen-bond acceptors (Lipinski definition) is 4. The summed E-state index contributed by atoms with van der Waals surface area (Å²) in [5, 5.41) is 0. The van der Waals surface area contributed by atoms with E-state index in [1.807, 2.05) is 0 Å². The minimum absolute atomic E-state index is 0.0215. The molecule has 0 unspecified atom stereocenters. The Morgan fingerprint density at radius 1 is 0.969 bits per heavy atom. The Labute approximate surface area is 184 Å². The number of carbonyl (C=O) groups excluding carboxylic acids is 1. The number of fused-ring (bicyclic) bond motifs is 1. The third-order valence-electron chi connectivity index (χ3n) is 5.65. The molecule has 4 rings (SSSR count). The van der Waals surface area contributed by atoms with Crippen LogP contribution in [-0.4, -0.2) is 51.0 Å². The molecule has 10 heteroatoms. The van der Waals surface area contributed by atoms with Crippen molar-refractivity contribution in [1.82, 2.24) is 4.31 Å². The predicted octanol–water partition coefficient (Wildman–Crippen LogP) is 4.01. The summed E-state index contributed by atoms with van der Waals surface area (Å²) in [5.74, 6) is -0.286. The Morgan fingerprint density at radius 2 is 1.66 bits per heavy atom. The van der Waals surface area contributed by atoms with Gasteiger partial charge in [-0.25, -0.2) is 8.42 Å². The fourth-order valence-electron chi connectivity index (χ4n) is 4.02. The summed E-state index contributed by atoms with van der Waals surface area (Å²) in [7, 11) is -3.56. The van der Waals surface area contributed by atoms with Crippen molar-refractivity contribution in [3.63, 3.8) is 0 Å². The summed E-state index contributed by atoms with van der Waals surface area (Å²) < 4.78 is 68.9. The van der Waals surface area contributed by atoms with Gasteiger partial charge < -0.3 is 9.64 Å². The molecule has 1 fully saturated rings. The van der Waals surface area contributed by atoms with Crippen molar-refractivity contribution in [1.29, 1.82) is 0 Å². The van der Waals surface area contributed by atoms with Gasteiger partial charge in [0.2, 0.25) is 10.0 Å². The lowest BCUT2D eigenvalue weighted by molar-refractivity contribution is -0.153. The zero-order chi connectivity index (χ0) is 22.9. The van der Waals surface area contributed by atoms with Crippen LogP contribution >= 0.6 is 0 Å². The van der Waals surface area contributed by atoms with Gasteiger partial charge in [0.25, 0.3) is 5.91 Å². The Morgan fingerprint density at radius 3 is 2.31 bits per heavy atom. The van der Waals surface area contributed by atoms with Crippen molar-refractivity contribution < 1.29 is 31.1 Å². The van der Waals surface area contributed by atoms with Gasteiger partial charge in [-0.1, -0.05) is 6.42 Å². The van der Waals surface area contributed by atoms with Gasteiger partial charge in [-0.05, 0) is 67.3 Å². The van der Waals surface area contributed by atoms with E-state index in [-0.39, 0.29) is 16.6 Å². The van der Waals surface area contributed by atoms with E-state index in [1.165, 1.54) is 34.6 Å². The molecule has 0 saturated carbocycles. The molecule has 32 heavy (non-hydrogen) atoms. The lowest BCUT2D eigenvalue weighted by Gasteiger charge is -2.26. The summed E-state index contributed by atoms with van der Waals surface area (Å²) in [6, 6.07) is 10.3. The fourth-order valence-corrected chi connectivity index (χ4v) is 5.59. The number of amides is 1. The number of anilines is 1. The van der Waals surface area contributed by atoms with E-state index in [4.69, 9.17) is 0 Å². The summed E-state index contributed by atoms with van der Waals surface area (Å²) in [6.45, 7) is 0.0373. The summed E-state index contributed by atoms with van der Waals surface area (Å²) >= 11 is 0. The average Bonchev–Trinajstić information content (AvgIpc) is 3.21. The monoisotopic (exact) mass is 468 g/mol. The average molecular weight is 468 g/mol. The Hall–Kier alpha value is -2.59. The molecule has 0 N–H and O–H groups in total. The number of alkyl halides is 3. The first-order valence-electron chi connectivity index (χ1n) is 10.4. The third kappa shape index (κ3) is 4.75. The largest absolute Gasteiger partial charge is 0.484 e. The summed E-state index contributed by atoms with van der Waals surface area (Å²) in [6.07, 6.45) is -1.17. The molecule has 172 valence electrons. The second-order valence-corrected chi connectivity index (χ2v) is 9.83. The first-order valence-corrected chi connectivity index (χ1v) is 11.8. The van der Waals surface area contributed by atoms with E-state index in [1.54, 1.807) is 17.0 Å². The second kappa shape index (κ2) is 8.74. The van der Waals surface area contributed by atoms with Crippen LogP contribution < -0.4 is 9.64 Å². The number of ether oxygens (including phenoxy) is 1. The molecule has 1 saturated heterocycles. The van der Waals surface area contributed by atoms with E-state index < -0.39 is 22.8 Å². The van der Waals surface area contributed by atoms with E-state index in [0.717, 1.165) is 24.8 Å². The van der Waals surface area contributed by atoms with Crippen LogP contribution in [0.2, 0.25) is 0 Å². The number of nitrogens with zero attached hydrogens (tertiary/aromatic N) is 2. The van der Waals surface area contributed by atoms with Crippen molar-refractivity contribution in [3.05, 3.63) is 53.6 Å². The zero-order valence-corrected chi connectivity index (χ0v) is 18.1. The van der Waals surface area contributed by atoms with Gasteiger partial charge in [-0.2, -0.15) is 17.5 Å². The van der Waals surface area contributed by atoms with E-state index >= 15 is 0 Å². The maximum absolute atomic E-state index is 12.9. The SMILES string of the molecule is O=C(c1ccc(OCC(F)(F)F)cc1)N1CCc2cc(S(=O)(=O)N3CCCCC3)ccc21. The molecule has 2 aliphatic heterocycles. The number of hydrogen-bond donors (Lipinski definition) is 0. The normalized spacial score (nSPS) is 17.3. The van der Waals surface area contributed by atoms with E-state index in [2.05, 4.69) is 4.74 Å². The second-order valence-electron chi connectivity index (χ2n) is 7.89. The number of halogens is 3. The van der Waals surface area contributed by atoms with Crippen LogP contribution in [0, 0.1) is 0 Å². The Kier molecular flexibility index (Phi) is 6.17. The third-order valence-corrected chi connectivity index (χ3v) is 7.54. The zero-order valence-electron chi connectivity index (χ0n) is 17.3. The summed E-state index contributed by atoms with van der Waals surface area (Å²) in [5.41, 5.74) is 1.73. The number of piperidine rings is 1. The van der Waals surface area contributed by atoms with Gasteiger partial charge in [0.05, 0.1) is 4.90 Å². The van der Waals surface area contributed by atoms with Gasteiger partial charge in [0, 0.05) is 30.9 Å². The lowest BCUT2D eigenvalue weighted by atomic mass is 10.1. The molecule has 2 heterocycles. The van der Waals surface area contributed by atoms with Gasteiger partial charge in [-0.15, -0.1) is 0 Å². The van der Waals surface area contributed by atoms with Crippen molar-refractivity contribution in [3.8, 4) is 5.75 Å². The van der Waals surface area contributed by atoms with Crippen LogP contribution in [0.25, 0.3) is 0 Å². The minimum Gasteiger partial charge on any atom is -0.484 e. The van der Waals surface area contributed by atoms with Gasteiger partial charge in [0.15, 0.2) is 6.61 Å². The highest BCUT2D eigenvalue weighted by Gasteiger charge is 2.31. The van der Waals surface area contributed by atoms with Crippen LogP contribution in [0.1, 0.15) is 35.2 Å². The molecule has 0 radical (unpaired) electrons. The smallest absolute Gasteiger partial charge is 0.422 e. The Balaban J connectivity index is 1.49. The van der Waals surface area contributed by atoms with E-state index in [9.17, 15) is 26.4 Å². The fraction of sp³-hybridized carbons (Fsp3) is 0.409. The summed E-state index contributed by atoms with van der Waals surface area (Å²) in [4.78, 5) is 14.7. The highest BCUT2D eigenvalue weighted by Crippen LogP contribution is 2.33. The van der Waals surface area contributed by atoms with Gasteiger partial charge in [-0.3, -0.25) is 4.79 Å². The highest BCUT2D eigenvalue weighted by atomic mass is 32.2. The molecule has 0 atom stereocenters. The molecule has 2 aliphatic rings. The number of benzene rings is 2. The Bertz CT molecular complexity index is 1100. The van der Waals surface area contributed by atoms with Crippen LogP contribution in [0.3, 0.4) is 0 Å². The highest BCUT2D eigenvalue weighted by molar-refractivity contribution is 7.89. The molecule has 0 aromatic heterocycles. The van der Waals surface area contributed by atoms with Crippen molar-refractivity contribution in [2.75, 3.05) is 31.1 Å². The standard InChI is InChI=1S/C22H23F3N2O4S/c23-22(24,25)15-31-18-6-4-16(5-7-18)21(28)27-13-10-17-14-19(8-9-20(17)27)32(29,30)26-11-2-1-3-12-26/h4-9,14H,1-3,10-13,15H2. The van der Waals surface area contributed by atoms with Gasteiger partial charge >= 0.3 is 6.18 Å². The first kappa shape index (κ1) is 22.6. The van der Waals surface area contributed by atoms with Crippen molar-refractivity contribution >= 4 is 21.6 Å². The quantitative estimate of drug-likeness (QED) is 0.665. The molecule has 6 nitrogen and oxygen atoms in total. The molecule has 0 spiro atoms. The van der Waals surface area contributed by atoms with Gasteiger partial charge in [0.1, 0.15) is 5.75 Å². The van der Waals surface area contributed by atoms with Crippen LogP contribution in [0.4, 0.5) is 18.9 Å². The number of sulfonamides is 1. The van der Waals surface area contributed by atoms with Crippen LogP contribution in [0.15, 0.2) is 47.4 Å². The number of rotatable bonds is 5. The van der Waals surface area contributed by atoms with E-state index in [0.29, 0.717) is 37.3 Å². The molecular weight excluding hydrogens is 445 g/mol.